The number of nitrogens with one attached hydrogen (secondary N) is 3. The van der Waals surface area contributed by atoms with Gasteiger partial charge in [0.15, 0.2) is 0 Å². The Hall–Kier alpha value is -8.74. The monoisotopic (exact) mass is 1500 g/mol. The highest BCUT2D eigenvalue weighted by Gasteiger charge is 2.54. The van der Waals surface area contributed by atoms with Crippen LogP contribution in [0, 0.1) is 11.8 Å². The molecule has 3 saturated heterocycles. The maximum atomic E-state index is 15.5. The van der Waals surface area contributed by atoms with Crippen LogP contribution in [0.15, 0.2) is 54.6 Å². The van der Waals surface area contributed by atoms with Gasteiger partial charge in [0.05, 0.1) is 31.2 Å². The summed E-state index contributed by atoms with van der Waals surface area (Å²) >= 11 is 0. The van der Waals surface area contributed by atoms with E-state index in [9.17, 15) is 46.7 Å². The predicted octanol–water partition coefficient (Wildman–Crippen LogP) is 3.89. The van der Waals surface area contributed by atoms with Gasteiger partial charge >= 0.3 is 12.1 Å². The summed E-state index contributed by atoms with van der Waals surface area (Å²) in [6.45, 7) is 7.68. The van der Waals surface area contributed by atoms with Crippen molar-refractivity contribution in [2.24, 2.45) is 11.8 Å². The Bertz CT molecular complexity index is 3520. The Morgan fingerprint density at radius 1 is 0.645 bits per heavy atom. The van der Waals surface area contributed by atoms with Crippen molar-refractivity contribution in [1.82, 2.24) is 60.0 Å². The van der Waals surface area contributed by atoms with Gasteiger partial charge in [0, 0.05) is 94.3 Å². The fraction of sp³-hybridized carbons (Fsp3) is 0.671. The first-order valence-corrected chi connectivity index (χ1v) is 37.3. The Morgan fingerprint density at radius 2 is 1.28 bits per heavy atom. The molecule has 107 heavy (non-hydrogen) atoms. The van der Waals surface area contributed by atoms with Crippen LogP contribution in [0.1, 0.15) is 155 Å². The van der Waals surface area contributed by atoms with Crippen molar-refractivity contribution >= 4 is 76.9 Å². The summed E-state index contributed by atoms with van der Waals surface area (Å²) in [5, 5.41) is 8.27. The number of halogens is 3. The number of amides is 12. The van der Waals surface area contributed by atoms with Crippen molar-refractivity contribution < 1.29 is 89.7 Å². The Kier molecular flexibility index (Phi) is 29.9. The molecule has 10 atom stereocenters. The van der Waals surface area contributed by atoms with E-state index >= 15 is 28.8 Å². The number of carbonyl (C=O) groups is 13. The second kappa shape index (κ2) is 37.4. The number of alkyl halides is 3. The molecule has 5 fully saturated rings. The van der Waals surface area contributed by atoms with Crippen molar-refractivity contribution in [3.63, 3.8) is 0 Å². The van der Waals surface area contributed by atoms with E-state index in [4.69, 9.17) is 14.2 Å². The zero-order chi connectivity index (χ0) is 79.2. The summed E-state index contributed by atoms with van der Waals surface area (Å²) in [6, 6.07) is 3.65. The quantitative estimate of drug-likeness (QED) is 0.213. The van der Waals surface area contributed by atoms with Gasteiger partial charge in [-0.15, -0.1) is 0 Å². The zero-order valence-corrected chi connectivity index (χ0v) is 64.5. The Morgan fingerprint density at radius 3 is 1.87 bits per heavy atom. The van der Waals surface area contributed by atoms with E-state index in [0.29, 0.717) is 57.8 Å². The highest BCUT2D eigenvalue weighted by Crippen LogP contribution is 2.39. The number of likely N-dealkylation sites (N-methyl/N-ethyl adjacent to an activating group) is 7. The lowest BCUT2D eigenvalue weighted by Gasteiger charge is -2.46. The number of benzene rings is 2. The molecule has 2 bridgehead atoms. The van der Waals surface area contributed by atoms with Gasteiger partial charge in [0.1, 0.15) is 61.0 Å². The van der Waals surface area contributed by atoms with Gasteiger partial charge in [-0.2, -0.15) is 13.2 Å². The van der Waals surface area contributed by atoms with Crippen LogP contribution in [0.2, 0.25) is 0 Å². The predicted molar refractivity (Wildman–Crippen MR) is 386 cm³/mol. The van der Waals surface area contributed by atoms with Gasteiger partial charge in [-0.1, -0.05) is 109 Å². The third kappa shape index (κ3) is 20.9. The number of rotatable bonds is 15. The highest BCUT2D eigenvalue weighted by molar-refractivity contribution is 6.01. The molecule has 0 radical (unpaired) electrons. The molecule has 3 heterocycles. The highest BCUT2D eigenvalue weighted by atomic mass is 19.4. The average molecular weight is 1510 g/mol. The second-order valence-electron chi connectivity index (χ2n) is 30.2. The number of fused-ring (bicyclic) bond motifs is 3. The first kappa shape index (κ1) is 85.5. The van der Waals surface area contributed by atoms with Crippen molar-refractivity contribution in [3.8, 4) is 0 Å². The van der Waals surface area contributed by atoms with Crippen LogP contribution < -0.4 is 16.0 Å². The molecule has 31 heteroatoms. The number of esters is 1. The largest absolute Gasteiger partial charge is 0.463 e. The third-order valence-corrected chi connectivity index (χ3v) is 22.0. The van der Waals surface area contributed by atoms with Crippen LogP contribution in [-0.2, 0) is 94.6 Å². The molecule has 592 valence electrons. The number of carbonyl (C=O) groups excluding carboxylic acids is 13. The smallest absolute Gasteiger partial charge is 0.416 e. The lowest BCUT2D eigenvalue weighted by Crippen LogP contribution is -2.68. The molecule has 2 aromatic rings. The fourth-order valence-electron chi connectivity index (χ4n) is 15.0. The van der Waals surface area contributed by atoms with E-state index in [0.717, 1.165) is 59.2 Å². The number of hydrogen-bond acceptors (Lipinski definition) is 16. The van der Waals surface area contributed by atoms with E-state index in [2.05, 4.69) is 16.0 Å². The Balaban J connectivity index is 1.32. The minimum atomic E-state index is -4.74. The van der Waals surface area contributed by atoms with Gasteiger partial charge in [0.25, 0.3) is 5.91 Å². The first-order chi connectivity index (χ1) is 50.4. The lowest BCUT2D eigenvalue weighted by molar-refractivity contribution is -0.163. The summed E-state index contributed by atoms with van der Waals surface area (Å²) in [5.41, 5.74) is -2.34. The van der Waals surface area contributed by atoms with Crippen LogP contribution in [0.5, 0.6) is 0 Å². The van der Waals surface area contributed by atoms with Crippen LogP contribution >= 0.6 is 0 Å². The molecule has 7 rings (SSSR count). The van der Waals surface area contributed by atoms with Crippen LogP contribution in [0.4, 0.5) is 13.2 Å². The molecule has 0 unspecified atom stereocenters. The van der Waals surface area contributed by atoms with Crippen molar-refractivity contribution in [3.05, 3.63) is 71.3 Å². The first-order valence-electron chi connectivity index (χ1n) is 37.3. The van der Waals surface area contributed by atoms with E-state index in [1.807, 2.05) is 44.2 Å². The van der Waals surface area contributed by atoms with Crippen LogP contribution in [0.3, 0.4) is 0 Å². The molecule has 0 aromatic heterocycles. The summed E-state index contributed by atoms with van der Waals surface area (Å²) in [4.78, 5) is 204. The van der Waals surface area contributed by atoms with Crippen LogP contribution in [-0.4, -0.2) is 283 Å². The standard InChI is InChI=1S/C76H111F3N12O16/c1-15-47(4)62-70(101)85(10)44-60(94)87(12)54-31-22-19-25-38-90(69(54)100)57(39-48-32-34-51(35-33-48)76(77,78)79)68(99)84(9)43-58(92)80-66(106-45-61(95)107-46-74(5,6)50-29-20-18-21-30-50)72(103)91-42-52(105-17-3)40-55(91)65(97)82-75(36-26-37-75)73(104)89(14)63(49-27-23-24-28-49)71(102)88(13)56(67(98)83(7)8)41-59(93)86(11)53(16-2)64(96)81-62/h18,20-21,29-30,32-35,47,49,52-57,62-63,66H,15-17,19,22-28,31,36-46H2,1-14H3,(H,80,92)(H,81,96)(H,82,97)/t47-,52+,53-,54-,55-,56-,57-,62+,63-,66-/m0/s1. The molecule has 5 aliphatic rings. The van der Waals surface area contributed by atoms with E-state index in [1.54, 1.807) is 27.7 Å². The second-order valence-corrected chi connectivity index (χ2v) is 30.2. The fourth-order valence-corrected chi connectivity index (χ4v) is 15.0. The van der Waals surface area contributed by atoms with Gasteiger partial charge in [-0.3, -0.25) is 57.5 Å². The SMILES string of the molecule is CCO[C@@H]1C[C@H]2C(=O)NC3(CCC3)C(=O)N(C)[C@@H](C3CCCC3)C(=O)N(C)[C@H](C(=O)N(C)C)CC(=O)N(C)[C@@H](CC)C(=O)N[C@H]([C@@H](C)CC)C(=O)N(C)CC(=O)N(C)[C@H]3CCCCCN(C3=O)[C@@H](Cc3ccc(C(F)(F)F)cc3)C(=O)N(C)CC(=O)N[C@@H](OCC(=O)OCC(C)(C)c3ccccc3)C(=O)N2C1. The Labute approximate surface area is 625 Å². The van der Waals surface area contributed by atoms with Gasteiger partial charge in [-0.25, -0.2) is 4.79 Å². The van der Waals surface area contributed by atoms with Crippen molar-refractivity contribution in [2.45, 2.75) is 216 Å². The summed E-state index contributed by atoms with van der Waals surface area (Å²) in [5.74, 6) is -11.4. The van der Waals surface area contributed by atoms with E-state index in [-0.39, 0.29) is 64.0 Å². The molecule has 12 amide bonds. The average Bonchev–Trinajstić information content (AvgIpc) is 1.74. The van der Waals surface area contributed by atoms with Crippen molar-refractivity contribution in [2.75, 3.05) is 102 Å². The zero-order valence-electron chi connectivity index (χ0n) is 64.5. The molecule has 2 aliphatic carbocycles. The molecular formula is C76H111F3N12O16. The molecule has 2 saturated carbocycles. The maximum absolute atomic E-state index is 15.5. The maximum Gasteiger partial charge on any atom is 0.416 e. The van der Waals surface area contributed by atoms with E-state index < -0.39 is 199 Å². The van der Waals surface area contributed by atoms with Gasteiger partial charge in [-0.05, 0) is 93.4 Å². The van der Waals surface area contributed by atoms with Crippen LogP contribution in [0.25, 0.3) is 0 Å². The number of hydrogen-bond donors (Lipinski definition) is 3. The molecule has 28 nitrogen and oxygen atoms in total. The lowest BCUT2D eigenvalue weighted by atomic mass is 9.74. The minimum absolute atomic E-state index is 0.0175. The van der Waals surface area contributed by atoms with Gasteiger partial charge < -0.3 is 74.3 Å². The summed E-state index contributed by atoms with van der Waals surface area (Å²) < 4.78 is 59.7. The summed E-state index contributed by atoms with van der Waals surface area (Å²) in [7, 11) is 11.0. The van der Waals surface area contributed by atoms with Gasteiger partial charge in [0.2, 0.25) is 71.2 Å². The number of nitrogens with zero attached hydrogens (tertiary/aromatic N) is 9. The molecule has 3 aliphatic heterocycles. The summed E-state index contributed by atoms with van der Waals surface area (Å²) in [6.07, 6.45) is -4.06. The van der Waals surface area contributed by atoms with Crippen molar-refractivity contribution in [1.29, 1.82) is 0 Å². The normalized spacial score (nSPS) is 25.9. The topological polar surface area (TPSA) is 315 Å². The third-order valence-electron chi connectivity index (χ3n) is 22.0. The molecule has 1 spiro atoms. The molecule has 2 aromatic carbocycles. The number of ether oxygens (including phenoxy) is 3. The molecular weight excluding hydrogens is 1390 g/mol. The van der Waals surface area contributed by atoms with E-state index in [1.165, 1.54) is 71.1 Å². The molecule has 3 N–H and O–H groups in total. The minimum Gasteiger partial charge on any atom is -0.463 e.